The predicted molar refractivity (Wildman–Crippen MR) is 88.4 cm³/mol. The van der Waals surface area contributed by atoms with E-state index in [4.69, 9.17) is 0 Å². The summed E-state index contributed by atoms with van der Waals surface area (Å²) in [5.41, 5.74) is 2.05. The molecule has 0 spiro atoms. The van der Waals surface area contributed by atoms with E-state index in [1.165, 1.54) is 6.33 Å². The summed E-state index contributed by atoms with van der Waals surface area (Å²) in [6, 6.07) is 0. The van der Waals surface area contributed by atoms with Gasteiger partial charge in [0, 0.05) is 17.8 Å². The second-order valence-corrected chi connectivity index (χ2v) is 8.87. The molecule has 8 nitrogen and oxygen atoms in total. The molecule has 1 unspecified atom stereocenters. The minimum atomic E-state index is -3.04. The number of aromatic nitrogens is 4. The molecule has 1 atom stereocenters. The van der Waals surface area contributed by atoms with E-state index in [-0.39, 0.29) is 23.8 Å². The third kappa shape index (κ3) is 3.26. The van der Waals surface area contributed by atoms with E-state index < -0.39 is 15.4 Å². The Kier molecular flexibility index (Phi) is 4.06. The number of fused-ring (bicyclic) bond motifs is 1. The molecule has 0 radical (unpaired) electrons. The number of nitrogens with zero attached hydrogens (tertiary/aromatic N) is 4. The summed E-state index contributed by atoms with van der Waals surface area (Å²) in [4.78, 5) is 20.7. The van der Waals surface area contributed by atoms with Crippen LogP contribution in [-0.2, 0) is 21.1 Å². The molecule has 1 N–H and O–H groups in total. The lowest BCUT2D eigenvalue weighted by molar-refractivity contribution is -0.122. The first-order chi connectivity index (χ1) is 11.2. The number of carbonyl (C=O) groups excluding carboxylic acids is 1. The fraction of sp³-hybridized carbons (Fsp3) is 0.600. The maximum atomic E-state index is 12.3. The van der Waals surface area contributed by atoms with E-state index in [9.17, 15) is 13.2 Å². The molecule has 130 valence electrons. The third-order valence-electron chi connectivity index (χ3n) is 4.54. The zero-order valence-corrected chi connectivity index (χ0v) is 14.9. The van der Waals surface area contributed by atoms with Crippen molar-refractivity contribution in [3.05, 3.63) is 23.3 Å². The molecule has 3 heterocycles. The smallest absolute Gasteiger partial charge is 0.252 e. The number of hydrogen-bond acceptors (Lipinski definition) is 6. The number of hydrogen-bond donors (Lipinski definition) is 1. The van der Waals surface area contributed by atoms with Crippen LogP contribution in [0.2, 0.25) is 0 Å². The summed E-state index contributed by atoms with van der Waals surface area (Å²) in [6.45, 7) is 5.60. The second kappa shape index (κ2) is 5.80. The van der Waals surface area contributed by atoms with Crippen LogP contribution in [0.15, 0.2) is 6.33 Å². The summed E-state index contributed by atoms with van der Waals surface area (Å²) in [5, 5.41) is 7.01. The average Bonchev–Trinajstić information content (AvgIpc) is 3.02. The van der Waals surface area contributed by atoms with Crippen LogP contribution < -0.4 is 5.32 Å². The van der Waals surface area contributed by atoms with Crippen LogP contribution in [0.4, 0.5) is 0 Å². The van der Waals surface area contributed by atoms with Crippen LogP contribution in [0, 0.1) is 13.8 Å². The van der Waals surface area contributed by atoms with Crippen LogP contribution >= 0.6 is 0 Å². The van der Waals surface area contributed by atoms with Crippen molar-refractivity contribution >= 4 is 21.5 Å². The zero-order chi connectivity index (χ0) is 17.5. The fourth-order valence-electron chi connectivity index (χ4n) is 3.26. The highest BCUT2D eigenvalue weighted by atomic mass is 32.2. The number of sulfone groups is 1. The molecular weight excluding hydrogens is 330 g/mol. The van der Waals surface area contributed by atoms with E-state index in [0.29, 0.717) is 18.6 Å². The lowest BCUT2D eigenvalue weighted by Crippen LogP contribution is -2.47. The van der Waals surface area contributed by atoms with Crippen LogP contribution in [0.25, 0.3) is 5.78 Å². The largest absolute Gasteiger partial charge is 0.350 e. The van der Waals surface area contributed by atoms with Crippen molar-refractivity contribution < 1.29 is 13.2 Å². The molecule has 0 bridgehead atoms. The molecule has 1 amide bonds. The second-order valence-electron chi connectivity index (χ2n) is 6.68. The number of rotatable bonds is 4. The van der Waals surface area contributed by atoms with Crippen molar-refractivity contribution in [2.24, 2.45) is 0 Å². The Morgan fingerprint density at radius 2 is 2.17 bits per heavy atom. The molecule has 1 aliphatic heterocycles. The molecule has 0 aliphatic carbocycles. The first kappa shape index (κ1) is 16.8. The van der Waals surface area contributed by atoms with Gasteiger partial charge in [-0.1, -0.05) is 0 Å². The highest BCUT2D eigenvalue weighted by Crippen LogP contribution is 2.23. The Morgan fingerprint density at radius 3 is 2.83 bits per heavy atom. The normalized spacial score (nSPS) is 22.8. The molecule has 9 heteroatoms. The first-order valence-electron chi connectivity index (χ1n) is 7.86. The number of carbonyl (C=O) groups is 1. The summed E-state index contributed by atoms with van der Waals surface area (Å²) in [7, 11) is -3.04. The lowest BCUT2D eigenvalue weighted by Gasteiger charge is -2.24. The number of amides is 1. The summed E-state index contributed by atoms with van der Waals surface area (Å²) < 4.78 is 24.9. The van der Waals surface area contributed by atoms with Crippen molar-refractivity contribution in [2.75, 3.05) is 11.5 Å². The quantitative estimate of drug-likeness (QED) is 0.853. The topological polar surface area (TPSA) is 106 Å². The van der Waals surface area contributed by atoms with Crippen LogP contribution in [0.5, 0.6) is 0 Å². The highest BCUT2D eigenvalue weighted by molar-refractivity contribution is 7.91. The van der Waals surface area contributed by atoms with Crippen molar-refractivity contribution in [3.63, 3.8) is 0 Å². The van der Waals surface area contributed by atoms with Crippen LogP contribution in [0.3, 0.4) is 0 Å². The van der Waals surface area contributed by atoms with E-state index in [1.54, 1.807) is 11.4 Å². The highest BCUT2D eigenvalue weighted by Gasteiger charge is 2.39. The molecule has 2 aromatic heterocycles. The van der Waals surface area contributed by atoms with E-state index in [0.717, 1.165) is 17.0 Å². The van der Waals surface area contributed by atoms with Crippen LogP contribution in [-0.4, -0.2) is 51.0 Å². The van der Waals surface area contributed by atoms with E-state index >= 15 is 0 Å². The number of aryl methyl sites for hydroxylation is 2. The summed E-state index contributed by atoms with van der Waals surface area (Å²) >= 11 is 0. The first-order valence-corrected chi connectivity index (χ1v) is 9.68. The molecule has 24 heavy (non-hydrogen) atoms. The van der Waals surface area contributed by atoms with Gasteiger partial charge in [-0.05, 0) is 39.2 Å². The molecule has 1 saturated heterocycles. The average molecular weight is 351 g/mol. The van der Waals surface area contributed by atoms with E-state index in [2.05, 4.69) is 20.4 Å². The molecule has 0 aromatic carbocycles. The molecule has 1 fully saturated rings. The van der Waals surface area contributed by atoms with Crippen LogP contribution in [0.1, 0.15) is 36.7 Å². The van der Waals surface area contributed by atoms with Gasteiger partial charge in [-0.2, -0.15) is 10.1 Å². The van der Waals surface area contributed by atoms with Gasteiger partial charge in [0.15, 0.2) is 9.84 Å². The van der Waals surface area contributed by atoms with Gasteiger partial charge in [-0.3, -0.25) is 4.79 Å². The van der Waals surface area contributed by atoms with Gasteiger partial charge in [0.25, 0.3) is 5.78 Å². The molecule has 2 aromatic rings. The van der Waals surface area contributed by atoms with Crippen molar-refractivity contribution in [2.45, 2.75) is 45.6 Å². The van der Waals surface area contributed by atoms with Gasteiger partial charge in [0.05, 0.1) is 17.0 Å². The molecule has 3 rings (SSSR count). The zero-order valence-electron chi connectivity index (χ0n) is 14.0. The van der Waals surface area contributed by atoms with Crippen molar-refractivity contribution in [1.29, 1.82) is 0 Å². The number of nitrogens with one attached hydrogen (secondary N) is 1. The van der Waals surface area contributed by atoms with Gasteiger partial charge in [0.1, 0.15) is 6.33 Å². The Morgan fingerprint density at radius 1 is 1.42 bits per heavy atom. The Balaban J connectivity index is 1.69. The third-order valence-corrected chi connectivity index (χ3v) is 6.44. The fourth-order valence-corrected chi connectivity index (χ4v) is 5.36. The maximum Gasteiger partial charge on any atom is 0.252 e. The minimum absolute atomic E-state index is 0.0102. The molecular formula is C15H21N5O3S. The van der Waals surface area contributed by atoms with Crippen molar-refractivity contribution in [1.82, 2.24) is 24.9 Å². The van der Waals surface area contributed by atoms with Gasteiger partial charge in [-0.15, -0.1) is 0 Å². The lowest BCUT2D eigenvalue weighted by atomic mass is 10.0. The maximum absolute atomic E-state index is 12.3. The van der Waals surface area contributed by atoms with Gasteiger partial charge in [-0.25, -0.2) is 17.9 Å². The Bertz CT molecular complexity index is 905. The predicted octanol–water partition coefficient (Wildman–Crippen LogP) is 0.367. The van der Waals surface area contributed by atoms with Gasteiger partial charge < -0.3 is 5.32 Å². The minimum Gasteiger partial charge on any atom is -0.350 e. The SMILES string of the molecule is Cc1nc2ncnn2c(C)c1CCC(=O)NC1(C)CCS(=O)(=O)C1. The molecule has 1 aliphatic rings. The monoisotopic (exact) mass is 351 g/mol. The van der Waals surface area contributed by atoms with Crippen molar-refractivity contribution in [3.8, 4) is 0 Å². The summed E-state index contributed by atoms with van der Waals surface area (Å²) in [6.07, 6.45) is 2.71. The van der Waals surface area contributed by atoms with E-state index in [1.807, 2.05) is 13.8 Å². The van der Waals surface area contributed by atoms with Gasteiger partial charge in [0.2, 0.25) is 5.91 Å². The Labute approximate surface area is 140 Å². The standard InChI is InChI=1S/C15H21N5O3S/c1-10-12(11(2)20-14(18-10)16-9-17-20)4-5-13(21)19-15(3)6-7-24(22,23)8-15/h9H,4-8H2,1-3H3,(H,19,21). The Hall–Kier alpha value is -2.03. The summed E-state index contributed by atoms with van der Waals surface area (Å²) in [5.74, 6) is 0.541. The molecule has 0 saturated carbocycles. The van der Waals surface area contributed by atoms with Gasteiger partial charge >= 0.3 is 0 Å².